The molecule has 0 bridgehead atoms. The van der Waals surface area contributed by atoms with Gasteiger partial charge in [0.05, 0.1) is 5.75 Å². The first-order chi connectivity index (χ1) is 5.14. The van der Waals surface area contributed by atoms with Gasteiger partial charge in [0.25, 0.3) is 0 Å². The van der Waals surface area contributed by atoms with Gasteiger partial charge in [-0.15, -0.1) is 10.8 Å². The predicted molar refractivity (Wildman–Crippen MR) is 48.8 cm³/mol. The summed E-state index contributed by atoms with van der Waals surface area (Å²) in [5.41, 5.74) is 0. The zero-order chi connectivity index (χ0) is 8.32. The van der Waals surface area contributed by atoms with Gasteiger partial charge in [-0.2, -0.15) is 0 Å². The molecule has 0 radical (unpaired) electrons. The van der Waals surface area contributed by atoms with E-state index in [1.807, 2.05) is 0 Å². The molecule has 0 aromatic heterocycles. The molecule has 68 valence electrons. The first-order valence-electron chi connectivity index (χ1n) is 4.17. The van der Waals surface area contributed by atoms with E-state index in [0.717, 1.165) is 12.8 Å². The molecule has 0 saturated carbocycles. The molecule has 1 fully saturated rings. The second-order valence-electron chi connectivity index (χ2n) is 3.12. The number of nitrogens with one attached hydrogen (secondary N) is 1. The van der Waals surface area contributed by atoms with Gasteiger partial charge in [0.1, 0.15) is 0 Å². The molecule has 0 aliphatic carbocycles. The van der Waals surface area contributed by atoms with Crippen molar-refractivity contribution in [2.24, 2.45) is 0 Å². The molecule has 0 amide bonds. The van der Waals surface area contributed by atoms with Crippen LogP contribution < -0.4 is 4.72 Å². The summed E-state index contributed by atoms with van der Waals surface area (Å²) >= 11 is 0. The molecular formula is C7H17NO2S. The van der Waals surface area contributed by atoms with Gasteiger partial charge in [0.2, 0.25) is 0 Å². The second kappa shape index (κ2) is 3.76. The van der Waals surface area contributed by atoms with Crippen molar-refractivity contribution in [3.63, 3.8) is 0 Å². The van der Waals surface area contributed by atoms with E-state index in [-0.39, 0.29) is 0 Å². The van der Waals surface area contributed by atoms with Crippen LogP contribution in [-0.4, -0.2) is 20.9 Å². The molecule has 1 atom stereocenters. The normalized spacial score (nSPS) is 32.1. The number of hydrogen-bond acceptors (Lipinski definition) is 3. The monoisotopic (exact) mass is 179 g/mol. The second-order valence-corrected chi connectivity index (χ2v) is 5.09. The van der Waals surface area contributed by atoms with Crippen molar-refractivity contribution in [1.82, 2.24) is 4.72 Å². The van der Waals surface area contributed by atoms with Gasteiger partial charge in [0, 0.05) is 6.04 Å². The topological polar surface area (TPSA) is 52.5 Å². The molecule has 1 rings (SSSR count). The lowest BCUT2D eigenvalue weighted by Crippen LogP contribution is -2.22. The molecule has 1 aliphatic heterocycles. The van der Waals surface area contributed by atoms with Crippen molar-refractivity contribution in [1.29, 1.82) is 0 Å². The lowest BCUT2D eigenvalue weighted by atomic mass is 10.1. The molecule has 4 heteroatoms. The van der Waals surface area contributed by atoms with Crippen LogP contribution in [0.4, 0.5) is 0 Å². The van der Waals surface area contributed by atoms with Crippen LogP contribution in [0.25, 0.3) is 0 Å². The zero-order valence-corrected chi connectivity index (χ0v) is 7.73. The van der Waals surface area contributed by atoms with E-state index in [4.69, 9.17) is 0 Å². The molecule has 1 unspecified atom stereocenters. The number of unbranched alkanes of at least 4 members (excludes halogenated alkanes) is 1. The van der Waals surface area contributed by atoms with Crippen LogP contribution in [0.3, 0.4) is 0 Å². The average molecular weight is 179 g/mol. The Morgan fingerprint density at radius 2 is 2.27 bits per heavy atom. The van der Waals surface area contributed by atoms with E-state index in [2.05, 4.69) is 11.6 Å². The molecule has 0 spiro atoms. The van der Waals surface area contributed by atoms with Gasteiger partial charge in [-0.1, -0.05) is 19.8 Å². The fourth-order valence-corrected chi connectivity index (χ4v) is 2.85. The summed E-state index contributed by atoms with van der Waals surface area (Å²) in [6, 6.07) is 0.347. The van der Waals surface area contributed by atoms with E-state index >= 15 is 0 Å². The third-order valence-electron chi connectivity index (χ3n) is 2.01. The van der Waals surface area contributed by atoms with Crippen LogP contribution in [0.5, 0.6) is 0 Å². The standard InChI is InChI=1S/C7H17NO2S/c1-2-3-4-7-5-6-11(9,10)8-7/h7-10H,2-6H2,1H3. The quantitative estimate of drug-likeness (QED) is 0.622. The summed E-state index contributed by atoms with van der Waals surface area (Å²) in [5, 5.41) is 0. The molecule has 0 aromatic carbocycles. The third-order valence-corrected chi connectivity index (χ3v) is 3.53. The van der Waals surface area contributed by atoms with Crippen LogP contribution in [0, 0.1) is 0 Å². The fraction of sp³-hybridized carbons (Fsp3) is 1.00. The van der Waals surface area contributed by atoms with Crippen LogP contribution in [0.2, 0.25) is 0 Å². The molecule has 0 aromatic rings. The first kappa shape index (κ1) is 9.32. The van der Waals surface area contributed by atoms with Gasteiger partial charge in [-0.25, -0.2) is 4.72 Å². The van der Waals surface area contributed by atoms with Crippen molar-refractivity contribution >= 4 is 10.8 Å². The van der Waals surface area contributed by atoms with Crippen molar-refractivity contribution in [2.45, 2.75) is 38.6 Å². The Kier molecular flexibility index (Phi) is 3.18. The van der Waals surface area contributed by atoms with Crippen LogP contribution in [0.1, 0.15) is 32.6 Å². The summed E-state index contributed by atoms with van der Waals surface area (Å²) in [6.45, 7) is 2.15. The Balaban J connectivity index is 2.20. The van der Waals surface area contributed by atoms with E-state index in [1.165, 1.54) is 12.8 Å². The van der Waals surface area contributed by atoms with Gasteiger partial charge in [0.15, 0.2) is 0 Å². The third kappa shape index (κ3) is 2.99. The highest BCUT2D eigenvalue weighted by molar-refractivity contribution is 8.22. The molecule has 1 heterocycles. The van der Waals surface area contributed by atoms with E-state index in [9.17, 15) is 9.11 Å². The maximum Gasteiger partial charge on any atom is 0.0543 e. The molecule has 3 N–H and O–H groups in total. The van der Waals surface area contributed by atoms with Crippen molar-refractivity contribution in [3.05, 3.63) is 0 Å². The minimum Gasteiger partial charge on any atom is -0.286 e. The van der Waals surface area contributed by atoms with E-state index in [0.29, 0.717) is 11.8 Å². The molecular weight excluding hydrogens is 162 g/mol. The summed E-state index contributed by atoms with van der Waals surface area (Å²) < 4.78 is 21.2. The van der Waals surface area contributed by atoms with Crippen molar-refractivity contribution in [3.8, 4) is 0 Å². The summed E-state index contributed by atoms with van der Waals surface area (Å²) in [7, 11) is -2.38. The van der Waals surface area contributed by atoms with Crippen LogP contribution in [0.15, 0.2) is 0 Å². The Labute approximate surface area is 69.7 Å². The predicted octanol–water partition coefficient (Wildman–Crippen LogP) is 2.20. The highest BCUT2D eigenvalue weighted by Crippen LogP contribution is 2.41. The number of rotatable bonds is 3. The van der Waals surface area contributed by atoms with Crippen LogP contribution in [-0.2, 0) is 0 Å². The van der Waals surface area contributed by atoms with Gasteiger partial charge < -0.3 is 0 Å². The highest BCUT2D eigenvalue weighted by Gasteiger charge is 2.26. The Morgan fingerprint density at radius 1 is 1.55 bits per heavy atom. The Morgan fingerprint density at radius 3 is 2.73 bits per heavy atom. The molecule has 11 heavy (non-hydrogen) atoms. The summed E-state index contributed by atoms with van der Waals surface area (Å²) in [6.07, 6.45) is 4.35. The van der Waals surface area contributed by atoms with Crippen molar-refractivity contribution < 1.29 is 9.11 Å². The Hall–Kier alpha value is 0.230. The smallest absolute Gasteiger partial charge is 0.0543 e. The maximum absolute atomic E-state index is 9.19. The minimum atomic E-state index is -2.38. The first-order valence-corrected chi connectivity index (χ1v) is 5.89. The molecule has 3 nitrogen and oxygen atoms in total. The maximum atomic E-state index is 9.19. The number of hydrogen-bond donors (Lipinski definition) is 3. The van der Waals surface area contributed by atoms with Crippen molar-refractivity contribution in [2.75, 3.05) is 5.75 Å². The Bertz CT molecular complexity index is 130. The summed E-state index contributed by atoms with van der Waals surface area (Å²) in [4.78, 5) is 0. The van der Waals surface area contributed by atoms with Gasteiger partial charge in [-0.3, -0.25) is 9.11 Å². The van der Waals surface area contributed by atoms with E-state index < -0.39 is 10.8 Å². The molecule has 1 aliphatic rings. The van der Waals surface area contributed by atoms with Gasteiger partial charge >= 0.3 is 0 Å². The minimum absolute atomic E-state index is 0.347. The van der Waals surface area contributed by atoms with Gasteiger partial charge in [-0.05, 0) is 12.8 Å². The van der Waals surface area contributed by atoms with Crippen LogP contribution >= 0.6 is 10.8 Å². The average Bonchev–Trinajstić information content (AvgIpc) is 2.26. The van der Waals surface area contributed by atoms with E-state index in [1.54, 1.807) is 0 Å². The largest absolute Gasteiger partial charge is 0.286 e. The highest BCUT2D eigenvalue weighted by atomic mass is 32.3. The zero-order valence-electron chi connectivity index (χ0n) is 6.92. The SMILES string of the molecule is CCCCC1CCS(O)(O)N1. The molecule has 1 saturated heterocycles. The lowest BCUT2D eigenvalue weighted by Gasteiger charge is -2.27. The lowest BCUT2D eigenvalue weighted by molar-refractivity contribution is 0.471. The fourth-order valence-electron chi connectivity index (χ4n) is 1.35. The summed E-state index contributed by atoms with van der Waals surface area (Å²) in [5.74, 6) is 0.543.